The van der Waals surface area contributed by atoms with Gasteiger partial charge in [-0.3, -0.25) is 0 Å². The van der Waals surface area contributed by atoms with Crippen molar-refractivity contribution in [3.8, 4) is 0 Å². The summed E-state index contributed by atoms with van der Waals surface area (Å²) in [6.45, 7) is 7.36. The number of fused-ring (bicyclic) bond motifs is 5. The zero-order valence-electron chi connectivity index (χ0n) is 15.5. The number of hydrogen-bond donors (Lipinski definition) is 0. The molecule has 0 radical (unpaired) electrons. The molecule has 24 heavy (non-hydrogen) atoms. The van der Waals surface area contributed by atoms with Crippen LogP contribution in [0.2, 0.25) is 0 Å². The molecule has 4 aliphatic carbocycles. The third-order valence-corrected chi connectivity index (χ3v) is 10.6. The lowest BCUT2D eigenvalue weighted by molar-refractivity contribution is -0.139. The van der Waals surface area contributed by atoms with Gasteiger partial charge in [-0.05, 0) is 91.8 Å². The summed E-state index contributed by atoms with van der Waals surface area (Å²) >= 11 is 7.82. The van der Waals surface area contributed by atoms with Crippen LogP contribution in [0.1, 0.15) is 78.6 Å². The lowest BCUT2D eigenvalue weighted by Gasteiger charge is -2.62. The highest BCUT2D eigenvalue weighted by molar-refractivity contribution is 9.25. The molecule has 4 fully saturated rings. The predicted molar refractivity (Wildman–Crippen MR) is 106 cm³/mol. The Kier molecular flexibility index (Phi) is 4.52. The van der Waals surface area contributed by atoms with Gasteiger partial charge in [-0.1, -0.05) is 59.1 Å². The van der Waals surface area contributed by atoms with Gasteiger partial charge in [0.1, 0.15) is 6.17 Å². The lowest BCUT2D eigenvalue weighted by atomic mass is 9.44. The number of alkyl halides is 3. The molecule has 0 N–H and O–H groups in total. The lowest BCUT2D eigenvalue weighted by Crippen LogP contribution is -2.58. The molecule has 0 nitrogen and oxygen atoms in total. The molecular formula is C21H33Br2F. The molecule has 0 saturated heterocycles. The molecule has 0 spiro atoms. The Hall–Kier alpha value is 0.890. The van der Waals surface area contributed by atoms with E-state index in [-0.39, 0.29) is 14.6 Å². The number of halogens is 3. The topological polar surface area (TPSA) is 0 Å². The van der Waals surface area contributed by atoms with E-state index in [0.29, 0.717) is 11.3 Å². The molecule has 4 aliphatic rings. The van der Waals surface area contributed by atoms with Gasteiger partial charge in [-0.15, -0.1) is 0 Å². The minimum atomic E-state index is -0.574. The first-order chi connectivity index (χ1) is 11.2. The molecule has 138 valence electrons. The largest absolute Gasteiger partial charge is 0.247 e. The molecule has 4 saturated carbocycles. The average Bonchev–Trinajstić information content (AvgIpc) is 2.82. The van der Waals surface area contributed by atoms with Gasteiger partial charge in [0.05, 0.1) is 3.23 Å². The number of rotatable bonds is 1. The molecule has 0 unspecified atom stereocenters. The van der Waals surface area contributed by atoms with Gasteiger partial charge in [-0.2, -0.15) is 0 Å². The highest BCUT2D eigenvalue weighted by Gasteiger charge is 2.63. The van der Waals surface area contributed by atoms with Crippen LogP contribution in [0.4, 0.5) is 4.39 Å². The fourth-order valence-corrected chi connectivity index (χ4v) is 9.78. The fraction of sp³-hybridized carbons (Fsp3) is 1.00. The van der Waals surface area contributed by atoms with Crippen molar-refractivity contribution in [1.29, 1.82) is 0 Å². The summed E-state index contributed by atoms with van der Waals surface area (Å²) < 4.78 is 15.4. The summed E-state index contributed by atoms with van der Waals surface area (Å²) in [4.78, 5) is 0. The van der Waals surface area contributed by atoms with Gasteiger partial charge in [-0.25, -0.2) is 4.39 Å². The summed E-state index contributed by atoms with van der Waals surface area (Å²) in [5.41, 5.74) is 0.659. The van der Waals surface area contributed by atoms with Crippen LogP contribution in [-0.4, -0.2) is 9.41 Å². The first kappa shape index (κ1) is 18.3. The van der Waals surface area contributed by atoms with Crippen LogP contribution in [0.25, 0.3) is 0 Å². The second kappa shape index (κ2) is 5.94. The molecule has 0 heterocycles. The highest BCUT2D eigenvalue weighted by Crippen LogP contribution is 2.69. The zero-order valence-corrected chi connectivity index (χ0v) is 18.6. The Morgan fingerprint density at radius 2 is 1.58 bits per heavy atom. The van der Waals surface area contributed by atoms with E-state index in [2.05, 4.69) is 52.6 Å². The first-order valence-corrected chi connectivity index (χ1v) is 11.8. The van der Waals surface area contributed by atoms with Crippen LogP contribution in [-0.2, 0) is 0 Å². The standard InChI is InChI=1S/C21H33Br2F/c1-4-13-5-6-15-14-11-18(24)17-8-10-21(22,23)12-20(17,3)16(14)7-9-19(13,15)2/h13-18H,4-12H2,1-3H3/t13-,14+,15+,16+,17-,18-,19-,20-/m1/s1. The molecule has 0 aliphatic heterocycles. The molecule has 0 amide bonds. The zero-order chi connectivity index (χ0) is 17.3. The van der Waals surface area contributed by atoms with Crippen molar-refractivity contribution in [3.63, 3.8) is 0 Å². The van der Waals surface area contributed by atoms with Gasteiger partial charge in [0.25, 0.3) is 0 Å². The second-order valence-corrected chi connectivity index (χ2v) is 14.1. The summed E-state index contributed by atoms with van der Waals surface area (Å²) in [6, 6.07) is 0. The predicted octanol–water partition coefficient (Wildman–Crippen LogP) is 7.49. The Balaban J connectivity index is 1.67. The molecule has 0 bridgehead atoms. The van der Waals surface area contributed by atoms with E-state index >= 15 is 4.39 Å². The maximum Gasteiger partial charge on any atom is 0.104 e. The Bertz CT molecular complexity index is 506. The van der Waals surface area contributed by atoms with Gasteiger partial charge in [0, 0.05) is 0 Å². The van der Waals surface area contributed by atoms with Gasteiger partial charge in [0.2, 0.25) is 0 Å². The quantitative estimate of drug-likeness (QED) is 0.353. The van der Waals surface area contributed by atoms with E-state index in [1.807, 2.05) is 0 Å². The highest BCUT2D eigenvalue weighted by atomic mass is 79.9. The van der Waals surface area contributed by atoms with Crippen LogP contribution in [0.15, 0.2) is 0 Å². The van der Waals surface area contributed by atoms with Gasteiger partial charge < -0.3 is 0 Å². The van der Waals surface area contributed by atoms with Crippen molar-refractivity contribution in [3.05, 3.63) is 0 Å². The summed E-state index contributed by atoms with van der Waals surface area (Å²) in [5.74, 6) is 3.31. The van der Waals surface area contributed by atoms with E-state index in [4.69, 9.17) is 0 Å². The van der Waals surface area contributed by atoms with Crippen LogP contribution >= 0.6 is 31.9 Å². The molecule has 0 aromatic heterocycles. The van der Waals surface area contributed by atoms with Crippen LogP contribution < -0.4 is 0 Å². The second-order valence-electron chi connectivity index (χ2n) is 10.0. The van der Waals surface area contributed by atoms with E-state index < -0.39 is 6.17 Å². The summed E-state index contributed by atoms with van der Waals surface area (Å²) in [5, 5.41) is 0. The first-order valence-electron chi connectivity index (χ1n) is 10.2. The average molecular weight is 464 g/mol. The molecule has 4 rings (SSSR count). The van der Waals surface area contributed by atoms with E-state index in [1.165, 1.54) is 32.1 Å². The van der Waals surface area contributed by atoms with Crippen LogP contribution in [0.3, 0.4) is 0 Å². The van der Waals surface area contributed by atoms with Crippen molar-refractivity contribution < 1.29 is 4.39 Å². The van der Waals surface area contributed by atoms with Gasteiger partial charge >= 0.3 is 0 Å². The van der Waals surface area contributed by atoms with Crippen molar-refractivity contribution >= 4 is 31.9 Å². The molecule has 0 aromatic carbocycles. The third-order valence-electron chi connectivity index (χ3n) is 9.21. The summed E-state index contributed by atoms with van der Waals surface area (Å²) in [7, 11) is 0. The maximum absolute atomic E-state index is 15.3. The van der Waals surface area contributed by atoms with Crippen LogP contribution in [0.5, 0.6) is 0 Å². The van der Waals surface area contributed by atoms with E-state index in [0.717, 1.165) is 43.4 Å². The Morgan fingerprint density at radius 3 is 2.29 bits per heavy atom. The van der Waals surface area contributed by atoms with Crippen LogP contribution in [0, 0.1) is 40.4 Å². The van der Waals surface area contributed by atoms with Crippen molar-refractivity contribution in [2.75, 3.05) is 0 Å². The molecular weight excluding hydrogens is 431 g/mol. The van der Waals surface area contributed by atoms with Crippen molar-refractivity contribution in [2.45, 2.75) is 88.0 Å². The third kappa shape index (κ3) is 2.53. The van der Waals surface area contributed by atoms with Gasteiger partial charge in [0.15, 0.2) is 0 Å². The Morgan fingerprint density at radius 1 is 0.917 bits per heavy atom. The van der Waals surface area contributed by atoms with E-state index in [9.17, 15) is 0 Å². The molecule has 0 aromatic rings. The Labute approximate surface area is 164 Å². The molecule has 8 atom stereocenters. The minimum Gasteiger partial charge on any atom is -0.247 e. The fourth-order valence-electron chi connectivity index (χ4n) is 8.11. The SMILES string of the molecule is CC[C@@H]1CC[C@H]2[C@@H]3C[C@@H](F)[C@H]4CCC(Br)(Br)C[C@]4(C)[C@H]3CC[C@]12C. The van der Waals surface area contributed by atoms with Crippen molar-refractivity contribution in [1.82, 2.24) is 0 Å². The summed E-state index contributed by atoms with van der Waals surface area (Å²) in [6.07, 6.45) is 10.3. The van der Waals surface area contributed by atoms with E-state index in [1.54, 1.807) is 0 Å². The minimum absolute atomic E-state index is 0.0369. The monoisotopic (exact) mass is 462 g/mol. The number of hydrogen-bond acceptors (Lipinski definition) is 0. The smallest absolute Gasteiger partial charge is 0.104 e. The normalized spacial score (nSPS) is 56.2. The van der Waals surface area contributed by atoms with Crippen molar-refractivity contribution in [2.24, 2.45) is 40.4 Å². The molecule has 3 heteroatoms. The maximum atomic E-state index is 15.3.